The van der Waals surface area contributed by atoms with Gasteiger partial charge in [-0.3, -0.25) is 9.59 Å². The number of rotatable bonds is 8. The van der Waals surface area contributed by atoms with Crippen LogP contribution in [-0.4, -0.2) is 31.7 Å². The number of ether oxygens (including phenoxy) is 2. The summed E-state index contributed by atoms with van der Waals surface area (Å²) >= 11 is 1.38. The Bertz CT molecular complexity index is 685. The minimum Gasteiger partial charge on any atom is -0.496 e. The number of hydrogen-bond acceptors (Lipinski definition) is 5. The summed E-state index contributed by atoms with van der Waals surface area (Å²) < 4.78 is 10.1. The standard InChI is InChI=1S/C19H20O4S/c1-22-17-11-7-6-10-15(17)18(24-13-19(21)23-2)12-16(20)14-8-4-3-5-9-14/h3-11,18H,12-13H2,1-2H3/t18-/m0/s1. The highest BCUT2D eigenvalue weighted by molar-refractivity contribution is 8.00. The predicted octanol–water partition coefficient (Wildman–Crippen LogP) is 3.92. The van der Waals surface area contributed by atoms with Crippen molar-refractivity contribution in [3.8, 4) is 5.75 Å². The van der Waals surface area contributed by atoms with Crippen molar-refractivity contribution in [2.45, 2.75) is 11.7 Å². The molecule has 2 aromatic rings. The molecule has 0 bridgehead atoms. The van der Waals surface area contributed by atoms with Crippen molar-refractivity contribution in [2.24, 2.45) is 0 Å². The van der Waals surface area contributed by atoms with Crippen LogP contribution in [0.1, 0.15) is 27.6 Å². The molecule has 0 aliphatic rings. The topological polar surface area (TPSA) is 52.6 Å². The summed E-state index contributed by atoms with van der Waals surface area (Å²) in [5.41, 5.74) is 1.56. The Hall–Kier alpha value is -2.27. The molecule has 24 heavy (non-hydrogen) atoms. The van der Waals surface area contributed by atoms with E-state index in [1.165, 1.54) is 18.9 Å². The fraction of sp³-hybridized carbons (Fsp3) is 0.263. The quantitative estimate of drug-likeness (QED) is 0.537. The van der Waals surface area contributed by atoms with E-state index in [0.29, 0.717) is 11.3 Å². The van der Waals surface area contributed by atoms with Gasteiger partial charge in [-0.15, -0.1) is 11.8 Å². The Morgan fingerprint density at radius 1 is 1.00 bits per heavy atom. The third-order valence-electron chi connectivity index (χ3n) is 3.58. The molecule has 0 aliphatic carbocycles. The van der Waals surface area contributed by atoms with Crippen molar-refractivity contribution in [2.75, 3.05) is 20.0 Å². The average molecular weight is 344 g/mol. The third kappa shape index (κ3) is 4.86. The van der Waals surface area contributed by atoms with Crippen molar-refractivity contribution in [3.05, 3.63) is 65.7 Å². The maximum Gasteiger partial charge on any atom is 0.315 e. The molecule has 0 fully saturated rings. The number of Topliss-reactive ketones (excluding diaryl/α,β-unsaturated/α-hetero) is 1. The van der Waals surface area contributed by atoms with Gasteiger partial charge in [0.15, 0.2) is 5.78 Å². The first-order valence-electron chi connectivity index (χ1n) is 7.55. The number of thioether (sulfide) groups is 1. The molecule has 5 heteroatoms. The van der Waals surface area contributed by atoms with E-state index >= 15 is 0 Å². The SMILES string of the molecule is COC(=O)CS[C@@H](CC(=O)c1ccccc1)c1ccccc1OC. The lowest BCUT2D eigenvalue weighted by Gasteiger charge is -2.18. The number of ketones is 1. The fourth-order valence-electron chi connectivity index (χ4n) is 2.33. The van der Waals surface area contributed by atoms with Crippen molar-refractivity contribution >= 4 is 23.5 Å². The van der Waals surface area contributed by atoms with Crippen LogP contribution in [0, 0.1) is 0 Å². The number of esters is 1. The maximum absolute atomic E-state index is 12.6. The van der Waals surface area contributed by atoms with Gasteiger partial charge >= 0.3 is 5.97 Å². The van der Waals surface area contributed by atoms with Crippen LogP contribution in [0.2, 0.25) is 0 Å². The van der Waals surface area contributed by atoms with Gasteiger partial charge in [-0.2, -0.15) is 0 Å². The summed E-state index contributed by atoms with van der Waals surface area (Å²) in [7, 11) is 2.95. The van der Waals surface area contributed by atoms with Gasteiger partial charge < -0.3 is 9.47 Å². The Balaban J connectivity index is 2.22. The van der Waals surface area contributed by atoms with Crippen LogP contribution in [0.5, 0.6) is 5.75 Å². The van der Waals surface area contributed by atoms with Crippen molar-refractivity contribution < 1.29 is 19.1 Å². The molecule has 0 unspecified atom stereocenters. The maximum atomic E-state index is 12.6. The lowest BCUT2D eigenvalue weighted by Crippen LogP contribution is -2.10. The van der Waals surface area contributed by atoms with Crippen LogP contribution in [0.4, 0.5) is 0 Å². The lowest BCUT2D eigenvalue weighted by atomic mass is 10.0. The second kappa shape index (κ2) is 9.13. The molecule has 0 spiro atoms. The van der Waals surface area contributed by atoms with E-state index in [-0.39, 0.29) is 29.2 Å². The molecule has 0 aliphatic heterocycles. The molecule has 4 nitrogen and oxygen atoms in total. The minimum absolute atomic E-state index is 0.0314. The molecule has 2 rings (SSSR count). The number of carbonyl (C=O) groups excluding carboxylic acids is 2. The molecule has 1 atom stereocenters. The molecule has 0 saturated heterocycles. The van der Waals surface area contributed by atoms with Gasteiger partial charge in [0.1, 0.15) is 5.75 Å². The molecule has 2 aromatic carbocycles. The van der Waals surface area contributed by atoms with E-state index in [4.69, 9.17) is 9.47 Å². The first kappa shape index (κ1) is 18.1. The molecular weight excluding hydrogens is 324 g/mol. The van der Waals surface area contributed by atoms with Crippen molar-refractivity contribution in [1.29, 1.82) is 0 Å². The zero-order valence-electron chi connectivity index (χ0n) is 13.7. The summed E-state index contributed by atoms with van der Waals surface area (Å²) in [6.45, 7) is 0. The highest BCUT2D eigenvalue weighted by atomic mass is 32.2. The van der Waals surface area contributed by atoms with Gasteiger partial charge in [-0.1, -0.05) is 48.5 Å². The largest absolute Gasteiger partial charge is 0.496 e. The summed E-state index contributed by atoms with van der Waals surface area (Å²) in [6.07, 6.45) is 0.284. The normalized spacial score (nSPS) is 11.6. The van der Waals surface area contributed by atoms with E-state index in [2.05, 4.69) is 0 Å². The predicted molar refractivity (Wildman–Crippen MR) is 95.6 cm³/mol. The summed E-state index contributed by atoms with van der Waals surface area (Å²) in [6, 6.07) is 16.7. The van der Waals surface area contributed by atoms with Crippen LogP contribution in [0.15, 0.2) is 54.6 Å². The number of benzene rings is 2. The summed E-state index contributed by atoms with van der Waals surface area (Å²) in [5.74, 6) is 0.609. The number of para-hydroxylation sites is 1. The summed E-state index contributed by atoms with van der Waals surface area (Å²) in [5, 5.41) is -0.187. The summed E-state index contributed by atoms with van der Waals surface area (Å²) in [4.78, 5) is 24.1. The van der Waals surface area contributed by atoms with E-state index in [1.807, 2.05) is 42.5 Å². The zero-order valence-corrected chi connectivity index (χ0v) is 14.5. The number of carbonyl (C=O) groups is 2. The van der Waals surface area contributed by atoms with Crippen molar-refractivity contribution in [1.82, 2.24) is 0 Å². The van der Waals surface area contributed by atoms with E-state index in [0.717, 1.165) is 5.56 Å². The molecule has 0 saturated carbocycles. The molecule has 0 aromatic heterocycles. The highest BCUT2D eigenvalue weighted by Gasteiger charge is 2.22. The Morgan fingerprint density at radius 2 is 1.67 bits per heavy atom. The van der Waals surface area contributed by atoms with Gasteiger partial charge in [-0.25, -0.2) is 0 Å². The van der Waals surface area contributed by atoms with Crippen LogP contribution < -0.4 is 4.74 Å². The van der Waals surface area contributed by atoms with Crippen LogP contribution in [0.3, 0.4) is 0 Å². The first-order chi connectivity index (χ1) is 11.7. The van der Waals surface area contributed by atoms with Crippen molar-refractivity contribution in [3.63, 3.8) is 0 Å². The number of methoxy groups -OCH3 is 2. The lowest BCUT2D eigenvalue weighted by molar-refractivity contribution is -0.137. The second-order valence-corrected chi connectivity index (χ2v) is 6.30. The van der Waals surface area contributed by atoms with Gasteiger partial charge in [0.2, 0.25) is 0 Å². The van der Waals surface area contributed by atoms with Gasteiger partial charge in [0, 0.05) is 22.8 Å². The van der Waals surface area contributed by atoms with E-state index in [9.17, 15) is 9.59 Å². The monoisotopic (exact) mass is 344 g/mol. The average Bonchev–Trinajstić information content (AvgIpc) is 2.65. The molecule has 0 heterocycles. The van der Waals surface area contributed by atoms with E-state index < -0.39 is 0 Å². The Labute approximate surface area is 146 Å². The molecule has 0 N–H and O–H groups in total. The Morgan fingerprint density at radius 3 is 2.33 bits per heavy atom. The number of hydrogen-bond donors (Lipinski definition) is 0. The Kier molecular flexibility index (Phi) is 6.88. The fourth-order valence-corrected chi connectivity index (χ4v) is 3.43. The third-order valence-corrected chi connectivity index (χ3v) is 4.81. The first-order valence-corrected chi connectivity index (χ1v) is 8.60. The van der Waals surface area contributed by atoms with Crippen LogP contribution >= 0.6 is 11.8 Å². The smallest absolute Gasteiger partial charge is 0.315 e. The van der Waals surface area contributed by atoms with Gasteiger partial charge in [0.05, 0.1) is 20.0 Å². The van der Waals surface area contributed by atoms with Gasteiger partial charge in [0.25, 0.3) is 0 Å². The minimum atomic E-state index is -0.313. The second-order valence-electron chi connectivity index (χ2n) is 5.11. The molecule has 0 radical (unpaired) electrons. The van der Waals surface area contributed by atoms with E-state index in [1.54, 1.807) is 19.2 Å². The van der Waals surface area contributed by atoms with Gasteiger partial charge in [-0.05, 0) is 6.07 Å². The molecule has 0 amide bonds. The molecule has 126 valence electrons. The zero-order chi connectivity index (χ0) is 17.4. The van der Waals surface area contributed by atoms with Crippen LogP contribution in [0.25, 0.3) is 0 Å². The van der Waals surface area contributed by atoms with Crippen LogP contribution in [-0.2, 0) is 9.53 Å². The highest BCUT2D eigenvalue weighted by Crippen LogP contribution is 2.38. The molecular formula is C19H20O4S.